The minimum absolute atomic E-state index is 0.0644. The molecule has 1 fully saturated rings. The zero-order valence-corrected chi connectivity index (χ0v) is 12.5. The van der Waals surface area contributed by atoms with Crippen LogP contribution in [0.2, 0.25) is 0 Å². The first kappa shape index (κ1) is 14.4. The summed E-state index contributed by atoms with van der Waals surface area (Å²) in [6, 6.07) is 10.0. The van der Waals surface area contributed by atoms with Crippen molar-refractivity contribution in [2.45, 2.75) is 44.3 Å². The van der Waals surface area contributed by atoms with E-state index in [1.165, 1.54) is 25.7 Å². The molecule has 2 nitrogen and oxygen atoms in total. The van der Waals surface area contributed by atoms with Crippen LogP contribution in [0.15, 0.2) is 30.3 Å². The summed E-state index contributed by atoms with van der Waals surface area (Å²) in [5.41, 5.74) is 1.57. The van der Waals surface area contributed by atoms with E-state index in [4.69, 9.17) is 0 Å². The van der Waals surface area contributed by atoms with E-state index in [1.807, 2.05) is 30.3 Å². The van der Waals surface area contributed by atoms with Crippen LogP contribution in [0.1, 0.15) is 38.2 Å². The van der Waals surface area contributed by atoms with Gasteiger partial charge in [0.2, 0.25) is 5.91 Å². The molecule has 19 heavy (non-hydrogen) atoms. The molecule has 0 spiro atoms. The molecule has 0 heterocycles. The predicted octanol–water partition coefficient (Wildman–Crippen LogP) is 3.22. The molecule has 0 bridgehead atoms. The number of benzene rings is 1. The second-order valence-electron chi connectivity index (χ2n) is 5.67. The number of nitrogens with one attached hydrogen (secondary N) is 1. The summed E-state index contributed by atoms with van der Waals surface area (Å²) < 4.78 is 0. The highest BCUT2D eigenvalue weighted by Crippen LogP contribution is 2.48. The van der Waals surface area contributed by atoms with Crippen LogP contribution in [-0.4, -0.2) is 17.7 Å². The molecule has 1 amide bonds. The number of rotatable bonds is 7. The fourth-order valence-corrected chi connectivity index (χ4v) is 2.85. The summed E-state index contributed by atoms with van der Waals surface area (Å²) in [5.74, 6) is 0.0644. The summed E-state index contributed by atoms with van der Waals surface area (Å²) >= 11 is 4.43. The van der Waals surface area contributed by atoms with Gasteiger partial charge in [-0.3, -0.25) is 4.79 Å². The van der Waals surface area contributed by atoms with Crippen LogP contribution in [0.3, 0.4) is 0 Å². The monoisotopic (exact) mass is 277 g/mol. The second kappa shape index (κ2) is 6.47. The molecule has 1 aliphatic rings. The van der Waals surface area contributed by atoms with Gasteiger partial charge in [-0.05, 0) is 36.7 Å². The van der Waals surface area contributed by atoms with E-state index in [0.717, 1.165) is 12.1 Å². The molecular formula is C16H23NOS. The van der Waals surface area contributed by atoms with Crippen molar-refractivity contribution in [2.75, 3.05) is 6.54 Å². The van der Waals surface area contributed by atoms with E-state index in [0.29, 0.717) is 11.8 Å². The van der Waals surface area contributed by atoms with Gasteiger partial charge in [0.15, 0.2) is 0 Å². The van der Waals surface area contributed by atoms with Gasteiger partial charge in [-0.25, -0.2) is 0 Å². The van der Waals surface area contributed by atoms with Crippen LogP contribution >= 0.6 is 12.6 Å². The molecule has 0 radical (unpaired) electrons. The van der Waals surface area contributed by atoms with Crippen molar-refractivity contribution < 1.29 is 4.79 Å². The highest BCUT2D eigenvalue weighted by molar-refractivity contribution is 7.81. The number of thiol groups is 1. The third-order valence-electron chi connectivity index (χ3n) is 3.95. The van der Waals surface area contributed by atoms with Crippen LogP contribution in [0.25, 0.3) is 0 Å². The molecule has 1 aromatic rings. The first-order valence-electron chi connectivity index (χ1n) is 7.15. The van der Waals surface area contributed by atoms with E-state index >= 15 is 0 Å². The molecular weight excluding hydrogens is 254 g/mol. The van der Waals surface area contributed by atoms with Gasteiger partial charge in [0, 0.05) is 6.54 Å². The quantitative estimate of drug-likeness (QED) is 0.736. The van der Waals surface area contributed by atoms with Crippen molar-refractivity contribution in [3.63, 3.8) is 0 Å². The normalized spacial score (nSPS) is 17.8. The Morgan fingerprint density at radius 3 is 2.63 bits per heavy atom. The zero-order valence-electron chi connectivity index (χ0n) is 11.6. The van der Waals surface area contributed by atoms with Crippen molar-refractivity contribution in [3.8, 4) is 0 Å². The van der Waals surface area contributed by atoms with Crippen LogP contribution in [-0.2, 0) is 11.2 Å². The molecule has 1 N–H and O–H groups in total. The van der Waals surface area contributed by atoms with Gasteiger partial charge in [0.25, 0.3) is 0 Å². The van der Waals surface area contributed by atoms with Crippen LogP contribution < -0.4 is 5.32 Å². The highest BCUT2D eigenvalue weighted by Gasteiger charge is 2.41. The van der Waals surface area contributed by atoms with Gasteiger partial charge in [-0.1, -0.05) is 43.7 Å². The van der Waals surface area contributed by atoms with Crippen LogP contribution in [0.5, 0.6) is 0 Å². The van der Waals surface area contributed by atoms with Crippen LogP contribution in [0, 0.1) is 5.41 Å². The Balaban J connectivity index is 1.77. The molecule has 1 aliphatic carbocycles. The van der Waals surface area contributed by atoms with E-state index in [2.05, 4.69) is 24.9 Å². The summed E-state index contributed by atoms with van der Waals surface area (Å²) in [6.45, 7) is 3.03. The maximum absolute atomic E-state index is 12.0. The summed E-state index contributed by atoms with van der Waals surface area (Å²) in [6.07, 6.45) is 5.64. The third kappa shape index (κ3) is 4.27. The molecule has 1 unspecified atom stereocenters. The SMILES string of the molecule is CCCC1(CNC(=O)C(S)Cc2ccccc2)CC1. The molecule has 1 aromatic carbocycles. The first-order chi connectivity index (χ1) is 9.15. The fourth-order valence-electron chi connectivity index (χ4n) is 2.54. The average molecular weight is 277 g/mol. The molecule has 3 heteroatoms. The van der Waals surface area contributed by atoms with E-state index < -0.39 is 0 Å². The number of hydrogen-bond donors (Lipinski definition) is 2. The Hall–Kier alpha value is -0.960. The number of hydrogen-bond acceptors (Lipinski definition) is 2. The molecule has 2 rings (SSSR count). The Morgan fingerprint density at radius 2 is 2.05 bits per heavy atom. The fraction of sp³-hybridized carbons (Fsp3) is 0.562. The number of carbonyl (C=O) groups excluding carboxylic acids is 1. The van der Waals surface area contributed by atoms with Crippen LogP contribution in [0.4, 0.5) is 0 Å². The number of amides is 1. The minimum Gasteiger partial charge on any atom is -0.355 e. The van der Waals surface area contributed by atoms with Crippen molar-refractivity contribution >= 4 is 18.5 Å². The largest absolute Gasteiger partial charge is 0.355 e. The second-order valence-corrected chi connectivity index (χ2v) is 6.30. The van der Waals surface area contributed by atoms with E-state index in [9.17, 15) is 4.79 Å². The van der Waals surface area contributed by atoms with E-state index in [-0.39, 0.29) is 11.2 Å². The van der Waals surface area contributed by atoms with Gasteiger partial charge >= 0.3 is 0 Å². The summed E-state index contributed by atoms with van der Waals surface area (Å²) in [5, 5.41) is 2.82. The molecule has 1 atom stereocenters. The Bertz CT molecular complexity index is 414. The molecule has 104 valence electrons. The topological polar surface area (TPSA) is 29.1 Å². The van der Waals surface area contributed by atoms with Gasteiger partial charge in [-0.2, -0.15) is 12.6 Å². The van der Waals surface area contributed by atoms with Crippen molar-refractivity contribution in [1.82, 2.24) is 5.32 Å². The third-order valence-corrected chi connectivity index (χ3v) is 4.37. The predicted molar refractivity (Wildman–Crippen MR) is 82.5 cm³/mol. The summed E-state index contributed by atoms with van der Waals surface area (Å²) in [4.78, 5) is 12.0. The smallest absolute Gasteiger partial charge is 0.233 e. The van der Waals surface area contributed by atoms with Crippen molar-refractivity contribution in [1.29, 1.82) is 0 Å². The van der Waals surface area contributed by atoms with Crippen molar-refractivity contribution in [3.05, 3.63) is 35.9 Å². The first-order valence-corrected chi connectivity index (χ1v) is 7.66. The van der Waals surface area contributed by atoms with Gasteiger partial charge < -0.3 is 5.32 Å². The molecule has 0 aliphatic heterocycles. The molecule has 0 saturated heterocycles. The maximum atomic E-state index is 12.0. The molecule has 1 saturated carbocycles. The molecule has 0 aromatic heterocycles. The lowest BCUT2D eigenvalue weighted by Crippen LogP contribution is -2.36. The maximum Gasteiger partial charge on any atom is 0.233 e. The Labute approximate surface area is 121 Å². The standard InChI is InChI=1S/C16H23NOS/c1-2-8-16(9-10-16)12-17-15(18)14(19)11-13-6-4-3-5-7-13/h3-7,14,19H,2,8-12H2,1H3,(H,17,18). The zero-order chi connectivity index (χ0) is 13.7. The van der Waals surface area contributed by atoms with Gasteiger partial charge in [0.05, 0.1) is 5.25 Å². The Kier molecular flexibility index (Phi) is 4.92. The van der Waals surface area contributed by atoms with E-state index in [1.54, 1.807) is 0 Å². The highest BCUT2D eigenvalue weighted by atomic mass is 32.1. The van der Waals surface area contributed by atoms with Gasteiger partial charge in [0.1, 0.15) is 0 Å². The minimum atomic E-state index is -0.250. The van der Waals surface area contributed by atoms with Crippen molar-refractivity contribution in [2.24, 2.45) is 5.41 Å². The number of carbonyl (C=O) groups is 1. The van der Waals surface area contributed by atoms with Gasteiger partial charge in [-0.15, -0.1) is 0 Å². The average Bonchev–Trinajstić information content (AvgIpc) is 3.18. The summed E-state index contributed by atoms with van der Waals surface area (Å²) in [7, 11) is 0. The lowest BCUT2D eigenvalue weighted by Gasteiger charge is -2.17. The lowest BCUT2D eigenvalue weighted by molar-refractivity contribution is -0.120. The Morgan fingerprint density at radius 1 is 1.37 bits per heavy atom. The lowest BCUT2D eigenvalue weighted by atomic mass is 10.0.